The second-order valence-electron chi connectivity index (χ2n) is 7.94. The Bertz CT molecular complexity index is 1310. The number of aliphatic imine (C=N–C) groups is 1. The molecule has 0 aliphatic heterocycles. The first-order valence-corrected chi connectivity index (χ1v) is 10.5. The predicted octanol–water partition coefficient (Wildman–Crippen LogP) is 3.49. The molecule has 1 aromatic heterocycles. The Morgan fingerprint density at radius 1 is 1.00 bits per heavy atom. The standard InChI is InChI=1S/C26H24N4O3/c1-19-9-7-8-12-23(19)26(31,25-28(2)17-18-29(25)3)24(27-21-10-5-4-6-11-21)20-13-15-22(16-14-20)30(32)33/h4-18H,1-3H3. The molecule has 1 atom stereocenters. The quantitative estimate of drug-likeness (QED) is 0.199. The summed E-state index contributed by atoms with van der Waals surface area (Å²) in [5, 5.41) is 26.5. The van der Waals surface area contributed by atoms with Gasteiger partial charge in [-0.2, -0.15) is 0 Å². The molecule has 4 aromatic rings. The molecule has 0 spiro atoms. The summed E-state index contributed by atoms with van der Waals surface area (Å²) >= 11 is 0. The molecule has 0 radical (unpaired) electrons. The van der Waals surface area contributed by atoms with Crippen LogP contribution in [0.15, 0.2) is 96.2 Å². The molecule has 0 aliphatic rings. The average molecular weight is 441 g/mol. The predicted molar refractivity (Wildman–Crippen MR) is 124 cm³/mol. The highest BCUT2D eigenvalue weighted by molar-refractivity contribution is 6.09. The molecule has 0 fully saturated rings. The number of nitro benzene ring substituents is 1. The molecule has 1 unspecified atom stereocenters. The third kappa shape index (κ3) is 4.06. The first-order chi connectivity index (χ1) is 15.8. The van der Waals surface area contributed by atoms with Gasteiger partial charge in [0.25, 0.3) is 11.5 Å². The maximum absolute atomic E-state index is 15.2. The van der Waals surface area contributed by atoms with Gasteiger partial charge in [0.1, 0.15) is 12.4 Å². The van der Waals surface area contributed by atoms with Crippen molar-refractivity contribution in [1.82, 2.24) is 4.57 Å². The Morgan fingerprint density at radius 3 is 2.21 bits per heavy atom. The lowest BCUT2D eigenvalue weighted by molar-refractivity contribution is -0.696. The van der Waals surface area contributed by atoms with Crippen LogP contribution >= 0.6 is 0 Å². The van der Waals surface area contributed by atoms with Gasteiger partial charge in [-0.25, -0.2) is 9.13 Å². The first kappa shape index (κ1) is 22.1. The number of non-ortho nitro benzene ring substituents is 1. The number of nitro groups is 1. The second-order valence-corrected chi connectivity index (χ2v) is 7.94. The molecule has 3 aromatic carbocycles. The van der Waals surface area contributed by atoms with Crippen molar-refractivity contribution in [3.63, 3.8) is 0 Å². The zero-order valence-electron chi connectivity index (χ0n) is 18.7. The number of para-hydroxylation sites is 1. The van der Waals surface area contributed by atoms with Gasteiger partial charge in [-0.1, -0.05) is 42.5 Å². The number of hydrogen-bond acceptors (Lipinski definition) is 4. The maximum Gasteiger partial charge on any atom is 0.269 e. The highest BCUT2D eigenvalue weighted by Gasteiger charge is 2.39. The smallest absolute Gasteiger partial charge is 0.269 e. The summed E-state index contributed by atoms with van der Waals surface area (Å²) in [5.41, 5.74) is 0.849. The SMILES string of the molecule is Cc1ccccc1C([O-])(C(=Nc1ccccc1)c1ccc([N+](=O)[O-])cc1)c1n(C)cc[n+]1C. The minimum Gasteiger partial charge on any atom is -0.832 e. The van der Waals surface area contributed by atoms with Crippen molar-refractivity contribution in [3.8, 4) is 0 Å². The molecule has 1 heterocycles. The lowest BCUT2D eigenvalue weighted by Gasteiger charge is -2.40. The molecular weight excluding hydrogens is 416 g/mol. The van der Waals surface area contributed by atoms with Crippen molar-refractivity contribution in [2.75, 3.05) is 0 Å². The zero-order chi connectivity index (χ0) is 23.6. The van der Waals surface area contributed by atoms with Gasteiger partial charge in [-0.05, 0) is 47.9 Å². The van der Waals surface area contributed by atoms with E-state index < -0.39 is 10.5 Å². The van der Waals surface area contributed by atoms with E-state index in [1.54, 1.807) is 21.3 Å². The van der Waals surface area contributed by atoms with Gasteiger partial charge in [0.15, 0.2) is 0 Å². The summed E-state index contributed by atoms with van der Waals surface area (Å²) < 4.78 is 3.59. The Hall–Kier alpha value is -4.10. The third-order valence-electron chi connectivity index (χ3n) is 5.70. The van der Waals surface area contributed by atoms with E-state index in [0.29, 0.717) is 22.6 Å². The van der Waals surface area contributed by atoms with Crippen LogP contribution in [0.4, 0.5) is 11.4 Å². The maximum atomic E-state index is 15.2. The molecule has 0 N–H and O–H groups in total. The lowest BCUT2D eigenvalue weighted by atomic mass is 9.81. The summed E-state index contributed by atoms with van der Waals surface area (Å²) in [6.07, 6.45) is 3.66. The van der Waals surface area contributed by atoms with E-state index in [4.69, 9.17) is 4.99 Å². The normalized spacial score (nSPS) is 13.5. The molecule has 0 amide bonds. The molecule has 166 valence electrons. The third-order valence-corrected chi connectivity index (χ3v) is 5.70. The average Bonchev–Trinajstić information content (AvgIpc) is 3.16. The number of aryl methyl sites for hydroxylation is 3. The molecule has 0 aliphatic carbocycles. The van der Waals surface area contributed by atoms with Crippen molar-refractivity contribution >= 4 is 17.1 Å². The molecule has 33 heavy (non-hydrogen) atoms. The summed E-state index contributed by atoms with van der Waals surface area (Å²) in [5.74, 6) is 0.491. The van der Waals surface area contributed by atoms with E-state index in [9.17, 15) is 10.1 Å². The Morgan fingerprint density at radius 2 is 1.64 bits per heavy atom. The van der Waals surface area contributed by atoms with Crippen LogP contribution in [0.25, 0.3) is 0 Å². The van der Waals surface area contributed by atoms with Gasteiger partial charge in [-0.15, -0.1) is 0 Å². The van der Waals surface area contributed by atoms with Gasteiger partial charge in [-0.3, -0.25) is 15.1 Å². The highest BCUT2D eigenvalue weighted by atomic mass is 16.6. The van der Waals surface area contributed by atoms with Crippen LogP contribution < -0.4 is 9.67 Å². The number of rotatable bonds is 6. The molecule has 0 bridgehead atoms. The summed E-state index contributed by atoms with van der Waals surface area (Å²) in [4.78, 5) is 15.6. The number of imidazole rings is 1. The van der Waals surface area contributed by atoms with Crippen LogP contribution in [-0.4, -0.2) is 15.2 Å². The van der Waals surface area contributed by atoms with E-state index in [1.807, 2.05) is 88.0 Å². The fourth-order valence-corrected chi connectivity index (χ4v) is 4.13. The van der Waals surface area contributed by atoms with Crippen molar-refractivity contribution < 1.29 is 14.6 Å². The summed E-state index contributed by atoms with van der Waals surface area (Å²) in [6.45, 7) is 1.90. The fraction of sp³-hybridized carbons (Fsp3) is 0.154. The Balaban J connectivity index is 2.07. The lowest BCUT2D eigenvalue weighted by Crippen LogP contribution is -2.57. The van der Waals surface area contributed by atoms with Crippen molar-refractivity contribution in [2.24, 2.45) is 19.1 Å². The molecule has 7 heteroatoms. The molecule has 0 saturated heterocycles. The number of hydrogen-bond donors (Lipinski definition) is 0. The van der Waals surface area contributed by atoms with E-state index in [2.05, 4.69) is 0 Å². The van der Waals surface area contributed by atoms with E-state index in [0.717, 1.165) is 5.56 Å². The van der Waals surface area contributed by atoms with Crippen LogP contribution in [0.1, 0.15) is 22.5 Å². The second kappa shape index (κ2) is 8.80. The molecule has 7 nitrogen and oxygen atoms in total. The Kier molecular flexibility index (Phi) is 5.89. The van der Waals surface area contributed by atoms with Crippen LogP contribution in [0, 0.1) is 17.0 Å². The molecule has 4 rings (SSSR count). The van der Waals surface area contributed by atoms with Gasteiger partial charge < -0.3 is 5.11 Å². The van der Waals surface area contributed by atoms with E-state index >= 15 is 5.11 Å². The van der Waals surface area contributed by atoms with Gasteiger partial charge in [0, 0.05) is 12.1 Å². The van der Waals surface area contributed by atoms with E-state index in [1.165, 1.54) is 12.1 Å². The molecular formula is C26H24N4O3. The first-order valence-electron chi connectivity index (χ1n) is 10.5. The largest absolute Gasteiger partial charge is 0.832 e. The van der Waals surface area contributed by atoms with Crippen LogP contribution in [-0.2, 0) is 19.7 Å². The van der Waals surface area contributed by atoms with Crippen LogP contribution in [0.5, 0.6) is 0 Å². The number of nitrogens with zero attached hydrogens (tertiary/aromatic N) is 4. The zero-order valence-corrected chi connectivity index (χ0v) is 18.7. The summed E-state index contributed by atoms with van der Waals surface area (Å²) in [7, 11) is 3.66. The van der Waals surface area contributed by atoms with Gasteiger partial charge >= 0.3 is 0 Å². The highest BCUT2D eigenvalue weighted by Crippen LogP contribution is 2.33. The minimum absolute atomic E-state index is 0.0466. The van der Waals surface area contributed by atoms with E-state index in [-0.39, 0.29) is 11.4 Å². The summed E-state index contributed by atoms with van der Waals surface area (Å²) in [6, 6.07) is 22.7. The topological polar surface area (TPSA) is 87.4 Å². The Labute approximate surface area is 192 Å². The van der Waals surface area contributed by atoms with Crippen LogP contribution in [0.2, 0.25) is 0 Å². The van der Waals surface area contributed by atoms with Gasteiger partial charge in [0.05, 0.1) is 36.0 Å². The fourth-order valence-electron chi connectivity index (χ4n) is 4.13. The van der Waals surface area contributed by atoms with Gasteiger partial charge in [0.2, 0.25) is 0 Å². The van der Waals surface area contributed by atoms with Crippen molar-refractivity contribution in [3.05, 3.63) is 124 Å². The number of benzene rings is 3. The monoisotopic (exact) mass is 440 g/mol. The van der Waals surface area contributed by atoms with Crippen LogP contribution in [0.3, 0.4) is 0 Å². The molecule has 0 saturated carbocycles. The minimum atomic E-state index is -1.90. The van der Waals surface area contributed by atoms with Crippen molar-refractivity contribution in [1.29, 1.82) is 0 Å². The van der Waals surface area contributed by atoms with Crippen molar-refractivity contribution in [2.45, 2.75) is 12.5 Å². The number of aromatic nitrogens is 2.